The Hall–Kier alpha value is -3.94. The van der Waals surface area contributed by atoms with Crippen molar-refractivity contribution < 1.29 is 4.79 Å². The number of hydrogen-bond acceptors (Lipinski definition) is 5. The van der Waals surface area contributed by atoms with E-state index in [2.05, 4.69) is 42.0 Å². The molecule has 0 bridgehead atoms. The van der Waals surface area contributed by atoms with Gasteiger partial charge in [-0.25, -0.2) is 14.8 Å². The number of pyridine rings is 2. The van der Waals surface area contributed by atoms with Gasteiger partial charge in [0.25, 0.3) is 0 Å². The number of nitrogens with one attached hydrogen (secondary N) is 4. The van der Waals surface area contributed by atoms with Gasteiger partial charge in [0.05, 0.1) is 16.7 Å². The number of fused-ring (bicyclic) bond motifs is 1. The second-order valence-corrected chi connectivity index (χ2v) is 6.39. The van der Waals surface area contributed by atoms with E-state index in [-0.39, 0.29) is 6.03 Å². The van der Waals surface area contributed by atoms with Crippen LogP contribution < -0.4 is 16.0 Å². The third-order valence-electron chi connectivity index (χ3n) is 4.44. The summed E-state index contributed by atoms with van der Waals surface area (Å²) >= 11 is 0. The highest BCUT2D eigenvalue weighted by Crippen LogP contribution is 2.33. The number of anilines is 2. The minimum atomic E-state index is -0.309. The Balaban J connectivity index is 1.88. The number of urea groups is 1. The first-order valence-corrected chi connectivity index (χ1v) is 9.32. The predicted molar refractivity (Wildman–Crippen MR) is 115 cm³/mol. The SMILES string of the molecule is CCNC(=O)Nc1nc2cc(-c3cccnc3)cc(-c3cccc(NC)n3)c2[nH]1. The minimum Gasteiger partial charge on any atom is -0.373 e. The molecule has 0 saturated carbocycles. The van der Waals surface area contributed by atoms with Crippen LogP contribution >= 0.6 is 0 Å². The highest BCUT2D eigenvalue weighted by molar-refractivity contribution is 5.98. The summed E-state index contributed by atoms with van der Waals surface area (Å²) in [6.07, 6.45) is 3.55. The maximum absolute atomic E-state index is 11.9. The van der Waals surface area contributed by atoms with Crippen molar-refractivity contribution in [1.29, 1.82) is 0 Å². The Labute approximate surface area is 167 Å². The van der Waals surface area contributed by atoms with Gasteiger partial charge in [0.1, 0.15) is 5.82 Å². The van der Waals surface area contributed by atoms with Gasteiger partial charge in [0.15, 0.2) is 0 Å². The van der Waals surface area contributed by atoms with E-state index in [4.69, 9.17) is 0 Å². The molecule has 2 amide bonds. The largest absolute Gasteiger partial charge is 0.373 e. The van der Waals surface area contributed by atoms with E-state index in [0.717, 1.165) is 39.2 Å². The molecule has 0 radical (unpaired) electrons. The Morgan fingerprint density at radius 3 is 2.76 bits per heavy atom. The lowest BCUT2D eigenvalue weighted by Gasteiger charge is -2.08. The van der Waals surface area contributed by atoms with Crippen LogP contribution in [-0.4, -0.2) is 39.6 Å². The van der Waals surface area contributed by atoms with Crippen molar-refractivity contribution >= 4 is 28.8 Å². The Bertz CT molecular complexity index is 1150. The molecule has 3 heterocycles. The molecule has 29 heavy (non-hydrogen) atoms. The van der Waals surface area contributed by atoms with Gasteiger partial charge in [0.2, 0.25) is 5.95 Å². The molecule has 0 fully saturated rings. The number of carbonyl (C=O) groups is 1. The van der Waals surface area contributed by atoms with Crippen molar-refractivity contribution in [2.75, 3.05) is 24.2 Å². The fourth-order valence-corrected chi connectivity index (χ4v) is 3.11. The van der Waals surface area contributed by atoms with E-state index in [9.17, 15) is 4.79 Å². The highest BCUT2D eigenvalue weighted by Gasteiger charge is 2.15. The topological polar surface area (TPSA) is 108 Å². The first kappa shape index (κ1) is 18.4. The first-order valence-electron chi connectivity index (χ1n) is 9.32. The van der Waals surface area contributed by atoms with Gasteiger partial charge < -0.3 is 15.6 Å². The molecule has 0 unspecified atom stereocenters. The van der Waals surface area contributed by atoms with E-state index in [0.29, 0.717) is 12.5 Å². The van der Waals surface area contributed by atoms with Gasteiger partial charge in [0, 0.05) is 37.1 Å². The summed E-state index contributed by atoms with van der Waals surface area (Å²) in [4.78, 5) is 28.6. The molecule has 0 saturated heterocycles. The van der Waals surface area contributed by atoms with Gasteiger partial charge in [-0.1, -0.05) is 12.1 Å². The molecule has 8 heteroatoms. The minimum absolute atomic E-state index is 0.309. The zero-order valence-corrected chi connectivity index (χ0v) is 16.2. The maximum Gasteiger partial charge on any atom is 0.321 e. The number of nitrogens with zero attached hydrogens (tertiary/aromatic N) is 3. The maximum atomic E-state index is 11.9. The van der Waals surface area contributed by atoms with Gasteiger partial charge in [-0.05, 0) is 42.8 Å². The van der Waals surface area contributed by atoms with Crippen LogP contribution in [0.2, 0.25) is 0 Å². The van der Waals surface area contributed by atoms with E-state index < -0.39 is 0 Å². The fourth-order valence-electron chi connectivity index (χ4n) is 3.11. The number of aromatic nitrogens is 4. The summed E-state index contributed by atoms with van der Waals surface area (Å²) in [5, 5.41) is 8.49. The summed E-state index contributed by atoms with van der Waals surface area (Å²) in [6, 6.07) is 13.4. The summed E-state index contributed by atoms with van der Waals surface area (Å²) in [5.74, 6) is 1.14. The smallest absolute Gasteiger partial charge is 0.321 e. The van der Waals surface area contributed by atoms with Crippen molar-refractivity contribution in [2.24, 2.45) is 0 Å². The van der Waals surface area contributed by atoms with Crippen LogP contribution in [-0.2, 0) is 0 Å². The molecule has 0 aliphatic heterocycles. The predicted octanol–water partition coefficient (Wildman–Crippen LogP) is 3.87. The lowest BCUT2D eigenvalue weighted by atomic mass is 10.0. The van der Waals surface area contributed by atoms with Gasteiger partial charge in [-0.3, -0.25) is 10.3 Å². The standard InChI is InChI=1S/C21H21N7O/c1-3-24-21(29)28-20-26-17-11-14(13-6-5-9-23-12-13)10-15(19(17)27-20)16-7-4-8-18(22-2)25-16/h4-12H,3H2,1-2H3,(H,22,25)(H3,24,26,27,28,29). The Morgan fingerprint density at radius 2 is 2.00 bits per heavy atom. The number of rotatable bonds is 5. The number of H-pyrrole nitrogens is 1. The molecule has 0 aliphatic carbocycles. The van der Waals surface area contributed by atoms with Crippen molar-refractivity contribution in [3.63, 3.8) is 0 Å². The van der Waals surface area contributed by atoms with Gasteiger partial charge in [-0.2, -0.15) is 0 Å². The van der Waals surface area contributed by atoms with E-state index in [1.54, 1.807) is 6.20 Å². The summed E-state index contributed by atoms with van der Waals surface area (Å²) in [7, 11) is 1.83. The van der Waals surface area contributed by atoms with Crippen molar-refractivity contribution in [3.8, 4) is 22.4 Å². The average Bonchev–Trinajstić information content (AvgIpc) is 3.16. The van der Waals surface area contributed by atoms with Crippen LogP contribution in [0.4, 0.5) is 16.6 Å². The van der Waals surface area contributed by atoms with Crippen LogP contribution in [0.25, 0.3) is 33.4 Å². The van der Waals surface area contributed by atoms with Crippen LogP contribution in [0.3, 0.4) is 0 Å². The van der Waals surface area contributed by atoms with Crippen molar-refractivity contribution in [2.45, 2.75) is 6.92 Å². The monoisotopic (exact) mass is 387 g/mol. The zero-order valence-electron chi connectivity index (χ0n) is 16.2. The molecule has 4 rings (SSSR count). The Morgan fingerprint density at radius 1 is 1.10 bits per heavy atom. The molecular formula is C21H21N7O. The molecule has 0 atom stereocenters. The normalized spacial score (nSPS) is 10.7. The molecule has 4 N–H and O–H groups in total. The van der Waals surface area contributed by atoms with Crippen LogP contribution in [0.5, 0.6) is 0 Å². The summed E-state index contributed by atoms with van der Waals surface area (Å²) in [6.45, 7) is 2.39. The van der Waals surface area contributed by atoms with Gasteiger partial charge in [-0.15, -0.1) is 0 Å². The number of hydrogen-bond donors (Lipinski definition) is 4. The molecular weight excluding hydrogens is 366 g/mol. The van der Waals surface area contributed by atoms with Crippen molar-refractivity contribution in [1.82, 2.24) is 25.3 Å². The third kappa shape index (κ3) is 3.86. The number of carbonyl (C=O) groups excluding carboxylic acids is 1. The second-order valence-electron chi connectivity index (χ2n) is 6.39. The molecule has 1 aromatic carbocycles. The van der Waals surface area contributed by atoms with Crippen LogP contribution in [0.15, 0.2) is 54.9 Å². The number of amides is 2. The third-order valence-corrected chi connectivity index (χ3v) is 4.44. The number of aromatic amines is 1. The average molecular weight is 387 g/mol. The molecule has 8 nitrogen and oxygen atoms in total. The molecule has 146 valence electrons. The fraction of sp³-hybridized carbons (Fsp3) is 0.143. The van der Waals surface area contributed by atoms with Crippen LogP contribution in [0.1, 0.15) is 6.92 Å². The van der Waals surface area contributed by atoms with Crippen LogP contribution in [0, 0.1) is 0 Å². The summed E-state index contributed by atoms with van der Waals surface area (Å²) in [5.41, 5.74) is 5.14. The lowest BCUT2D eigenvalue weighted by molar-refractivity contribution is 0.252. The number of imidazole rings is 1. The quantitative estimate of drug-likeness (QED) is 0.416. The molecule has 0 aliphatic rings. The second kappa shape index (κ2) is 7.97. The molecule has 3 aromatic heterocycles. The summed E-state index contributed by atoms with van der Waals surface area (Å²) < 4.78 is 0. The Kier molecular flexibility index (Phi) is 5.07. The van der Waals surface area contributed by atoms with E-state index in [1.807, 2.05) is 56.6 Å². The van der Waals surface area contributed by atoms with E-state index in [1.165, 1.54) is 0 Å². The van der Waals surface area contributed by atoms with Crippen molar-refractivity contribution in [3.05, 3.63) is 54.9 Å². The number of benzene rings is 1. The van der Waals surface area contributed by atoms with Gasteiger partial charge >= 0.3 is 6.03 Å². The molecule has 4 aromatic rings. The highest BCUT2D eigenvalue weighted by atomic mass is 16.2. The zero-order chi connectivity index (χ0) is 20.2. The lowest BCUT2D eigenvalue weighted by Crippen LogP contribution is -2.28. The molecule has 0 spiro atoms. The van der Waals surface area contributed by atoms with E-state index >= 15 is 0 Å². The first-order chi connectivity index (χ1) is 14.2.